The van der Waals surface area contributed by atoms with Crippen molar-refractivity contribution in [2.45, 2.75) is 11.3 Å². The summed E-state index contributed by atoms with van der Waals surface area (Å²) in [4.78, 5) is 51.3. The van der Waals surface area contributed by atoms with Gasteiger partial charge in [-0.2, -0.15) is 0 Å². The van der Waals surface area contributed by atoms with Gasteiger partial charge in [-0.1, -0.05) is 11.8 Å². The molecule has 1 heterocycles. The minimum Gasteiger partial charge on any atom is -0.462 e. The topological polar surface area (TPSA) is 141 Å². The van der Waals surface area contributed by atoms with Gasteiger partial charge in [0.05, 0.1) is 33.1 Å². The van der Waals surface area contributed by atoms with E-state index in [0.717, 1.165) is 10.2 Å². The molecule has 4 rings (SSSR count). The SMILES string of the molecule is CCOC(=O)c1ccc(NC(=O)CSc2nc3ccc(NC(=O)c4ccc([N+](=O)[O-])cc4)cc3s2)cc1. The Balaban J connectivity index is 1.33. The molecule has 1 aromatic heterocycles. The van der Waals surface area contributed by atoms with Crippen LogP contribution in [-0.2, 0) is 9.53 Å². The number of hydrogen-bond donors (Lipinski definition) is 2. The molecule has 0 bridgehead atoms. The Morgan fingerprint density at radius 2 is 1.65 bits per heavy atom. The number of nitro benzene ring substituents is 1. The third-order valence-corrected chi connectivity index (χ3v) is 7.13. The standard InChI is InChI=1S/C25H20N4O6S2/c1-2-35-24(32)16-3-7-17(8-4-16)26-22(30)14-36-25-28-20-12-9-18(13-21(20)37-25)27-23(31)15-5-10-19(11-6-15)29(33)34/h3-13H,2,14H2,1H3,(H,26,30)(H,27,31). The van der Waals surface area contributed by atoms with Gasteiger partial charge in [0.15, 0.2) is 4.34 Å². The zero-order valence-electron chi connectivity index (χ0n) is 19.4. The summed E-state index contributed by atoms with van der Waals surface area (Å²) in [5, 5.41) is 16.3. The molecule has 0 saturated heterocycles. The fourth-order valence-corrected chi connectivity index (χ4v) is 5.12. The van der Waals surface area contributed by atoms with E-state index in [1.165, 1.54) is 47.4 Å². The van der Waals surface area contributed by atoms with E-state index in [-0.39, 0.29) is 23.3 Å². The number of ether oxygens (including phenoxy) is 1. The van der Waals surface area contributed by atoms with Crippen molar-refractivity contribution in [2.75, 3.05) is 23.0 Å². The summed E-state index contributed by atoms with van der Waals surface area (Å²) in [6.07, 6.45) is 0. The average Bonchev–Trinajstić information content (AvgIpc) is 3.30. The van der Waals surface area contributed by atoms with Crippen molar-refractivity contribution in [3.8, 4) is 0 Å². The zero-order valence-corrected chi connectivity index (χ0v) is 21.1. The number of aromatic nitrogens is 1. The maximum absolute atomic E-state index is 12.5. The molecular weight excluding hydrogens is 516 g/mol. The zero-order chi connectivity index (χ0) is 26.4. The molecule has 0 radical (unpaired) electrons. The van der Waals surface area contributed by atoms with E-state index in [1.807, 2.05) is 0 Å². The molecule has 0 aliphatic heterocycles. The van der Waals surface area contributed by atoms with Gasteiger partial charge in [0.25, 0.3) is 11.6 Å². The summed E-state index contributed by atoms with van der Waals surface area (Å²) in [6, 6.07) is 17.1. The summed E-state index contributed by atoms with van der Waals surface area (Å²) in [7, 11) is 0. The highest BCUT2D eigenvalue weighted by molar-refractivity contribution is 8.01. The molecule has 0 aliphatic carbocycles. The Labute approximate surface area is 219 Å². The lowest BCUT2D eigenvalue weighted by Crippen LogP contribution is -2.14. The van der Waals surface area contributed by atoms with Crippen LogP contribution in [-0.4, -0.2) is 40.1 Å². The molecule has 37 heavy (non-hydrogen) atoms. The fraction of sp³-hybridized carbons (Fsp3) is 0.120. The van der Waals surface area contributed by atoms with Crippen molar-refractivity contribution in [1.82, 2.24) is 4.98 Å². The van der Waals surface area contributed by atoms with Crippen LogP contribution in [0.3, 0.4) is 0 Å². The first-order valence-corrected chi connectivity index (χ1v) is 12.8. The summed E-state index contributed by atoms with van der Waals surface area (Å²) >= 11 is 2.68. The third-order valence-electron chi connectivity index (χ3n) is 4.97. The second-order valence-electron chi connectivity index (χ2n) is 7.56. The van der Waals surface area contributed by atoms with Gasteiger partial charge in [-0.15, -0.1) is 11.3 Å². The molecule has 10 nitrogen and oxygen atoms in total. The minimum atomic E-state index is -0.524. The number of nitrogens with zero attached hydrogens (tertiary/aromatic N) is 2. The monoisotopic (exact) mass is 536 g/mol. The first kappa shape index (κ1) is 25.8. The number of nitrogens with one attached hydrogen (secondary N) is 2. The maximum Gasteiger partial charge on any atom is 0.338 e. The average molecular weight is 537 g/mol. The van der Waals surface area contributed by atoms with E-state index >= 15 is 0 Å². The molecule has 0 spiro atoms. The molecule has 188 valence electrons. The second kappa shape index (κ2) is 11.6. The predicted molar refractivity (Wildman–Crippen MR) is 142 cm³/mol. The van der Waals surface area contributed by atoms with Crippen LogP contribution < -0.4 is 10.6 Å². The van der Waals surface area contributed by atoms with E-state index in [0.29, 0.717) is 33.4 Å². The number of nitro groups is 1. The third kappa shape index (κ3) is 6.68. The van der Waals surface area contributed by atoms with Gasteiger partial charge in [0, 0.05) is 29.1 Å². The van der Waals surface area contributed by atoms with E-state index in [9.17, 15) is 24.5 Å². The number of thioether (sulfide) groups is 1. The lowest BCUT2D eigenvalue weighted by molar-refractivity contribution is -0.384. The summed E-state index contributed by atoms with van der Waals surface area (Å²) in [6.45, 7) is 2.02. The molecule has 4 aromatic rings. The molecule has 3 aromatic carbocycles. The van der Waals surface area contributed by atoms with Crippen LogP contribution in [0.25, 0.3) is 10.2 Å². The van der Waals surface area contributed by atoms with Crippen LogP contribution in [0.1, 0.15) is 27.6 Å². The number of anilines is 2. The fourth-order valence-electron chi connectivity index (χ4n) is 3.21. The van der Waals surface area contributed by atoms with Crippen molar-refractivity contribution >= 4 is 68.2 Å². The van der Waals surface area contributed by atoms with Crippen LogP contribution in [0.15, 0.2) is 71.1 Å². The summed E-state index contributed by atoms with van der Waals surface area (Å²) < 4.78 is 6.47. The normalized spacial score (nSPS) is 10.6. The number of amides is 2. The molecule has 0 unspecified atom stereocenters. The van der Waals surface area contributed by atoms with Crippen molar-refractivity contribution in [3.05, 3.63) is 88.0 Å². The van der Waals surface area contributed by atoms with Crippen LogP contribution in [0.2, 0.25) is 0 Å². The largest absolute Gasteiger partial charge is 0.462 e. The van der Waals surface area contributed by atoms with Gasteiger partial charge >= 0.3 is 5.97 Å². The summed E-state index contributed by atoms with van der Waals surface area (Å²) in [5.74, 6) is -0.881. The highest BCUT2D eigenvalue weighted by Gasteiger charge is 2.13. The maximum atomic E-state index is 12.5. The number of fused-ring (bicyclic) bond motifs is 1. The molecule has 2 N–H and O–H groups in total. The van der Waals surface area contributed by atoms with Crippen molar-refractivity contribution in [1.29, 1.82) is 0 Å². The van der Waals surface area contributed by atoms with E-state index in [2.05, 4.69) is 15.6 Å². The number of non-ortho nitro benzene ring substituents is 1. The quantitative estimate of drug-likeness (QED) is 0.126. The van der Waals surface area contributed by atoms with Gasteiger partial charge in [-0.25, -0.2) is 9.78 Å². The van der Waals surface area contributed by atoms with Crippen LogP contribution in [0.5, 0.6) is 0 Å². The molecule has 0 aliphatic rings. The Morgan fingerprint density at radius 1 is 0.973 bits per heavy atom. The number of carbonyl (C=O) groups excluding carboxylic acids is 3. The van der Waals surface area contributed by atoms with Crippen molar-refractivity contribution in [3.63, 3.8) is 0 Å². The summed E-state index contributed by atoms with van der Waals surface area (Å²) in [5.41, 5.74) is 2.47. The number of carbonyl (C=O) groups is 3. The number of rotatable bonds is 9. The first-order chi connectivity index (χ1) is 17.8. The molecular formula is C25H20N4O6S2. The lowest BCUT2D eigenvalue weighted by Gasteiger charge is -2.06. The van der Waals surface area contributed by atoms with Crippen LogP contribution in [0, 0.1) is 10.1 Å². The van der Waals surface area contributed by atoms with Crippen LogP contribution >= 0.6 is 23.1 Å². The van der Waals surface area contributed by atoms with Crippen molar-refractivity contribution < 1.29 is 24.0 Å². The molecule has 2 amide bonds. The van der Waals surface area contributed by atoms with Crippen molar-refractivity contribution in [2.24, 2.45) is 0 Å². The molecule has 12 heteroatoms. The predicted octanol–water partition coefficient (Wildman–Crippen LogP) is 5.36. The van der Waals surface area contributed by atoms with Crippen LogP contribution in [0.4, 0.5) is 17.1 Å². The van der Waals surface area contributed by atoms with Gasteiger partial charge in [0.1, 0.15) is 0 Å². The first-order valence-electron chi connectivity index (χ1n) is 11.0. The second-order valence-corrected chi connectivity index (χ2v) is 9.81. The lowest BCUT2D eigenvalue weighted by atomic mass is 10.2. The number of benzene rings is 3. The van der Waals surface area contributed by atoms with Gasteiger partial charge < -0.3 is 15.4 Å². The number of esters is 1. The molecule has 0 atom stereocenters. The number of thiazole rings is 1. The highest BCUT2D eigenvalue weighted by atomic mass is 32.2. The van der Waals surface area contributed by atoms with E-state index in [1.54, 1.807) is 49.4 Å². The Kier molecular flexibility index (Phi) is 8.11. The smallest absolute Gasteiger partial charge is 0.338 e. The minimum absolute atomic E-state index is 0.0896. The Morgan fingerprint density at radius 3 is 2.32 bits per heavy atom. The van der Waals surface area contributed by atoms with E-state index < -0.39 is 10.9 Å². The van der Waals surface area contributed by atoms with Gasteiger partial charge in [0.2, 0.25) is 5.91 Å². The van der Waals surface area contributed by atoms with Gasteiger partial charge in [-0.3, -0.25) is 19.7 Å². The molecule has 0 saturated carbocycles. The number of hydrogen-bond acceptors (Lipinski definition) is 9. The highest BCUT2D eigenvalue weighted by Crippen LogP contribution is 2.31. The Hall–Kier alpha value is -4.29. The Bertz CT molecular complexity index is 1470. The van der Waals surface area contributed by atoms with E-state index in [4.69, 9.17) is 4.74 Å². The van der Waals surface area contributed by atoms with Gasteiger partial charge in [-0.05, 0) is 61.5 Å². The molecule has 0 fully saturated rings.